The van der Waals surface area contributed by atoms with Crippen LogP contribution in [0.2, 0.25) is 0 Å². The van der Waals surface area contributed by atoms with Crippen molar-refractivity contribution >= 4 is 39.2 Å². The van der Waals surface area contributed by atoms with Gasteiger partial charge in [0, 0.05) is 31.2 Å². The number of aliphatic imine (C=N–C) groups is 1. The van der Waals surface area contributed by atoms with Crippen molar-refractivity contribution in [3.05, 3.63) is 78.6 Å². The van der Waals surface area contributed by atoms with E-state index < -0.39 is 20.7 Å². The van der Waals surface area contributed by atoms with E-state index in [0.717, 1.165) is 11.6 Å². The topological polar surface area (TPSA) is 121 Å². The third kappa shape index (κ3) is 4.75. The van der Waals surface area contributed by atoms with Gasteiger partial charge in [0.05, 0.1) is 40.7 Å². The van der Waals surface area contributed by atoms with E-state index in [1.807, 2.05) is 12.1 Å². The lowest BCUT2D eigenvalue weighted by molar-refractivity contribution is 0.570. The Kier molecular flexibility index (Phi) is 6.18. The molecule has 4 rings (SSSR count). The number of hydrogen-bond donors (Lipinski definition) is 2. The molecule has 8 nitrogen and oxygen atoms in total. The molecule has 0 radical (unpaired) electrons. The maximum atomic E-state index is 14.0. The number of fused-ring (bicyclic) bond motifs is 1. The molecule has 0 spiro atoms. The van der Waals surface area contributed by atoms with Gasteiger partial charge in [0.25, 0.3) is 10.0 Å². The summed E-state index contributed by atoms with van der Waals surface area (Å²) >= 11 is 0. The highest BCUT2D eigenvalue weighted by atomic mass is 32.2. The van der Waals surface area contributed by atoms with Crippen molar-refractivity contribution < 1.29 is 12.8 Å². The van der Waals surface area contributed by atoms with E-state index >= 15 is 0 Å². The van der Waals surface area contributed by atoms with Crippen LogP contribution in [0.5, 0.6) is 0 Å². The second-order valence-corrected chi connectivity index (χ2v) is 8.75. The summed E-state index contributed by atoms with van der Waals surface area (Å²) in [5.41, 5.74) is 3.44. The number of aromatic nitrogens is 3. The van der Waals surface area contributed by atoms with Crippen molar-refractivity contribution in [2.45, 2.75) is 10.8 Å². The van der Waals surface area contributed by atoms with Gasteiger partial charge >= 0.3 is 0 Å². The van der Waals surface area contributed by atoms with Gasteiger partial charge in [0.15, 0.2) is 0 Å². The quantitative estimate of drug-likeness (QED) is 0.401. The van der Waals surface area contributed by atoms with E-state index in [9.17, 15) is 12.8 Å². The van der Waals surface area contributed by atoms with Gasteiger partial charge in [-0.15, -0.1) is 0 Å². The maximum Gasteiger partial charge on any atom is 0.264 e. The summed E-state index contributed by atoms with van der Waals surface area (Å²) in [4.78, 5) is 16.6. The molecule has 0 amide bonds. The highest BCUT2D eigenvalue weighted by Gasteiger charge is 2.19. The predicted octanol–water partition coefficient (Wildman–Crippen LogP) is 4.07. The van der Waals surface area contributed by atoms with Crippen molar-refractivity contribution in [2.24, 2.45) is 4.99 Å². The molecule has 2 aromatic carbocycles. The number of anilines is 1. The number of halogens is 1. The number of nitrogens with zero attached hydrogens (tertiary/aromatic N) is 4. The van der Waals surface area contributed by atoms with Crippen molar-refractivity contribution in [1.82, 2.24) is 15.0 Å². The molecule has 10 heteroatoms. The van der Waals surface area contributed by atoms with E-state index in [1.165, 1.54) is 30.6 Å². The molecule has 1 unspecified atom stereocenters. The summed E-state index contributed by atoms with van der Waals surface area (Å²) in [6, 6.07) is 12.2. The molecule has 33 heavy (non-hydrogen) atoms. The molecule has 0 saturated heterocycles. The van der Waals surface area contributed by atoms with Crippen LogP contribution in [0.15, 0.2) is 77.0 Å². The average Bonchev–Trinajstić information content (AvgIpc) is 2.82. The van der Waals surface area contributed by atoms with E-state index in [0.29, 0.717) is 22.3 Å². The fourth-order valence-electron chi connectivity index (χ4n) is 3.26. The third-order valence-electron chi connectivity index (χ3n) is 4.84. The van der Waals surface area contributed by atoms with Gasteiger partial charge in [0.2, 0.25) is 0 Å². The summed E-state index contributed by atoms with van der Waals surface area (Å²) in [5, 5.41) is 7.58. The smallest absolute Gasteiger partial charge is 0.264 e. The SMILES string of the molecule is CN=CC(C=N)c1cnc2ccc(-c3cncc(NS(=O)(=O)c4ccccc4F)c3)cc2n1. The van der Waals surface area contributed by atoms with Crippen molar-refractivity contribution in [2.75, 3.05) is 11.8 Å². The third-order valence-corrected chi connectivity index (χ3v) is 6.26. The molecule has 1 atom stereocenters. The Morgan fingerprint density at radius 1 is 1.06 bits per heavy atom. The first-order chi connectivity index (χ1) is 15.9. The van der Waals surface area contributed by atoms with E-state index in [-0.39, 0.29) is 11.6 Å². The number of sulfonamides is 1. The van der Waals surface area contributed by atoms with Gasteiger partial charge < -0.3 is 5.41 Å². The molecule has 0 aliphatic rings. The Labute approximate surface area is 189 Å². The second kappa shape index (κ2) is 9.21. The zero-order valence-corrected chi connectivity index (χ0v) is 18.3. The van der Waals surface area contributed by atoms with Crippen molar-refractivity contribution in [3.8, 4) is 11.1 Å². The molecule has 0 fully saturated rings. The molecule has 0 aliphatic carbocycles. The molecule has 0 aliphatic heterocycles. The summed E-state index contributed by atoms with van der Waals surface area (Å²) in [6.45, 7) is 0. The van der Waals surface area contributed by atoms with Crippen LogP contribution < -0.4 is 4.72 Å². The molecular formula is C23H19FN6O2S. The Balaban J connectivity index is 1.68. The van der Waals surface area contributed by atoms with Crippen LogP contribution in [0.3, 0.4) is 0 Å². The fraction of sp³-hybridized carbons (Fsp3) is 0.0870. The second-order valence-electron chi connectivity index (χ2n) is 7.10. The van der Waals surface area contributed by atoms with Crippen LogP contribution >= 0.6 is 0 Å². The van der Waals surface area contributed by atoms with Crippen LogP contribution in [0.25, 0.3) is 22.2 Å². The standard InChI is InChI=1S/C23H19FN6O2S/c1-26-11-17(10-25)22-14-28-20-7-6-15(9-21(20)29-22)16-8-18(13-27-12-16)30-33(31,32)23-5-3-2-4-19(23)24/h2-14,17,25,30H,1H3. The average molecular weight is 463 g/mol. The van der Waals surface area contributed by atoms with Crippen LogP contribution in [0, 0.1) is 11.2 Å². The Morgan fingerprint density at radius 2 is 1.88 bits per heavy atom. The number of rotatable bonds is 7. The van der Waals surface area contributed by atoms with Gasteiger partial charge in [-0.3, -0.25) is 19.7 Å². The minimum absolute atomic E-state index is 0.193. The molecule has 2 heterocycles. The minimum Gasteiger partial charge on any atom is -0.312 e. The minimum atomic E-state index is -4.12. The van der Waals surface area contributed by atoms with Gasteiger partial charge in [-0.2, -0.15) is 0 Å². The van der Waals surface area contributed by atoms with E-state index in [1.54, 1.807) is 37.8 Å². The molecule has 0 bridgehead atoms. The normalized spacial score (nSPS) is 12.7. The number of hydrogen-bond acceptors (Lipinski definition) is 7. The van der Waals surface area contributed by atoms with Crippen molar-refractivity contribution in [3.63, 3.8) is 0 Å². The predicted molar refractivity (Wildman–Crippen MR) is 126 cm³/mol. The molecule has 0 saturated carbocycles. The zero-order chi connectivity index (χ0) is 23.4. The van der Waals surface area contributed by atoms with E-state index in [2.05, 4.69) is 24.7 Å². The summed E-state index contributed by atoms with van der Waals surface area (Å²) in [6.07, 6.45) is 7.39. The first-order valence-electron chi connectivity index (χ1n) is 9.83. The number of benzene rings is 2. The van der Waals surface area contributed by atoms with Gasteiger partial charge in [0.1, 0.15) is 10.7 Å². The van der Waals surface area contributed by atoms with Gasteiger partial charge in [-0.25, -0.2) is 17.8 Å². The van der Waals surface area contributed by atoms with Gasteiger partial charge in [-0.1, -0.05) is 18.2 Å². The summed E-state index contributed by atoms with van der Waals surface area (Å²) in [7, 11) is -2.49. The maximum absolute atomic E-state index is 14.0. The Hall–Kier alpha value is -4.05. The summed E-state index contributed by atoms with van der Waals surface area (Å²) in [5.74, 6) is -1.22. The van der Waals surface area contributed by atoms with Crippen LogP contribution in [0.4, 0.5) is 10.1 Å². The molecular weight excluding hydrogens is 443 g/mol. The summed E-state index contributed by atoms with van der Waals surface area (Å²) < 4.78 is 41.5. The first kappa shape index (κ1) is 22.2. The zero-order valence-electron chi connectivity index (χ0n) is 17.5. The monoisotopic (exact) mass is 462 g/mol. The lowest BCUT2D eigenvalue weighted by atomic mass is 10.1. The van der Waals surface area contributed by atoms with E-state index in [4.69, 9.17) is 5.41 Å². The lowest BCUT2D eigenvalue weighted by Gasteiger charge is -2.11. The van der Waals surface area contributed by atoms with Gasteiger partial charge in [-0.05, 0) is 35.9 Å². The molecule has 2 N–H and O–H groups in total. The highest BCUT2D eigenvalue weighted by molar-refractivity contribution is 7.92. The molecule has 2 aromatic heterocycles. The molecule has 166 valence electrons. The largest absolute Gasteiger partial charge is 0.312 e. The molecule has 4 aromatic rings. The number of nitrogens with one attached hydrogen (secondary N) is 2. The van der Waals surface area contributed by atoms with Crippen LogP contribution in [0.1, 0.15) is 11.6 Å². The first-order valence-corrected chi connectivity index (χ1v) is 11.3. The van der Waals surface area contributed by atoms with Crippen molar-refractivity contribution in [1.29, 1.82) is 5.41 Å². The lowest BCUT2D eigenvalue weighted by Crippen LogP contribution is -2.14. The van der Waals surface area contributed by atoms with Crippen LogP contribution in [-0.4, -0.2) is 42.8 Å². The Morgan fingerprint density at radius 3 is 2.64 bits per heavy atom. The van der Waals surface area contributed by atoms with Crippen LogP contribution in [-0.2, 0) is 10.0 Å². The highest BCUT2D eigenvalue weighted by Crippen LogP contribution is 2.26. The number of pyridine rings is 1. The Bertz CT molecular complexity index is 1470. The fourth-order valence-corrected chi connectivity index (χ4v) is 4.37.